The number of carbonyl (C=O) groups is 1. The molecule has 122 valence electrons. The van der Waals surface area contributed by atoms with Gasteiger partial charge in [-0.2, -0.15) is 0 Å². The first-order valence-electron chi connectivity index (χ1n) is 8.27. The first kappa shape index (κ1) is 15.7. The van der Waals surface area contributed by atoms with E-state index in [-0.39, 0.29) is 5.91 Å². The number of ether oxygens (including phenoxy) is 1. The smallest absolute Gasteiger partial charge is 0.223 e. The lowest BCUT2D eigenvalue weighted by Gasteiger charge is -2.09. The van der Waals surface area contributed by atoms with Crippen molar-refractivity contribution >= 4 is 5.91 Å². The van der Waals surface area contributed by atoms with Crippen LogP contribution in [0.5, 0.6) is 5.75 Å². The number of aryl methyl sites for hydroxylation is 1. The maximum absolute atomic E-state index is 12.0. The van der Waals surface area contributed by atoms with Crippen LogP contribution in [0.15, 0.2) is 36.4 Å². The van der Waals surface area contributed by atoms with Gasteiger partial charge >= 0.3 is 0 Å². The number of carbonyl (C=O) groups excluding carboxylic acids is 1. The van der Waals surface area contributed by atoms with Gasteiger partial charge < -0.3 is 14.6 Å². The quantitative estimate of drug-likeness (QED) is 0.850. The molecule has 0 aliphatic heterocycles. The zero-order chi connectivity index (χ0) is 16.2. The van der Waals surface area contributed by atoms with Crippen LogP contribution >= 0.6 is 0 Å². The summed E-state index contributed by atoms with van der Waals surface area (Å²) in [5, 5.41) is 2.99. The van der Waals surface area contributed by atoms with Gasteiger partial charge in [0.2, 0.25) is 5.91 Å². The molecule has 1 aliphatic carbocycles. The standard InChI is InChI=1S/C19H24N2O2/c1-14-12-16(15(2)21(14)17-8-9-17)13-20-19(22)10-11-23-18-6-4-3-5-7-18/h3-7,12,17H,8-11,13H2,1-2H3,(H,20,22). The average molecular weight is 312 g/mol. The van der Waals surface area contributed by atoms with Gasteiger partial charge in [0.05, 0.1) is 13.0 Å². The number of hydrogen-bond donors (Lipinski definition) is 1. The van der Waals surface area contributed by atoms with E-state index >= 15 is 0 Å². The third kappa shape index (κ3) is 3.95. The first-order chi connectivity index (χ1) is 11.1. The van der Waals surface area contributed by atoms with Gasteiger partial charge in [0, 0.05) is 24.0 Å². The summed E-state index contributed by atoms with van der Waals surface area (Å²) >= 11 is 0. The highest BCUT2D eigenvalue weighted by Crippen LogP contribution is 2.38. The summed E-state index contributed by atoms with van der Waals surface area (Å²) in [7, 11) is 0. The Hall–Kier alpha value is -2.23. The number of nitrogens with zero attached hydrogens (tertiary/aromatic N) is 1. The van der Waals surface area contributed by atoms with Crippen molar-refractivity contribution in [1.29, 1.82) is 0 Å². The van der Waals surface area contributed by atoms with Gasteiger partial charge in [-0.1, -0.05) is 18.2 Å². The van der Waals surface area contributed by atoms with Crippen molar-refractivity contribution in [3.05, 3.63) is 53.3 Å². The molecule has 2 aromatic rings. The second-order valence-electron chi connectivity index (χ2n) is 6.19. The molecule has 4 nitrogen and oxygen atoms in total. The Bertz CT molecular complexity index is 672. The molecule has 0 radical (unpaired) electrons. The maximum atomic E-state index is 12.0. The molecule has 0 saturated heterocycles. The highest BCUT2D eigenvalue weighted by Gasteiger charge is 2.26. The van der Waals surface area contributed by atoms with Crippen LogP contribution in [-0.2, 0) is 11.3 Å². The fraction of sp³-hybridized carbons (Fsp3) is 0.421. The average Bonchev–Trinajstić information content (AvgIpc) is 3.33. The fourth-order valence-corrected chi connectivity index (χ4v) is 2.98. The Labute approximate surface area is 137 Å². The van der Waals surface area contributed by atoms with Gasteiger partial charge in [0.15, 0.2) is 0 Å². The van der Waals surface area contributed by atoms with E-state index in [1.165, 1.54) is 29.8 Å². The second kappa shape index (κ2) is 6.90. The van der Waals surface area contributed by atoms with Crippen LogP contribution in [0.2, 0.25) is 0 Å². The monoisotopic (exact) mass is 312 g/mol. The Morgan fingerprint density at radius 3 is 2.70 bits per heavy atom. The highest BCUT2D eigenvalue weighted by atomic mass is 16.5. The van der Waals surface area contributed by atoms with Gasteiger partial charge in [-0.05, 0) is 50.5 Å². The maximum Gasteiger partial charge on any atom is 0.223 e. The van der Waals surface area contributed by atoms with E-state index in [1.54, 1.807) is 0 Å². The van der Waals surface area contributed by atoms with Crippen LogP contribution < -0.4 is 10.1 Å². The van der Waals surface area contributed by atoms with Gasteiger partial charge in [-0.25, -0.2) is 0 Å². The van der Waals surface area contributed by atoms with Crippen LogP contribution in [0, 0.1) is 13.8 Å². The first-order valence-corrected chi connectivity index (χ1v) is 8.27. The third-order valence-electron chi connectivity index (χ3n) is 4.32. The van der Waals surface area contributed by atoms with Gasteiger partial charge in [-0.3, -0.25) is 4.79 Å². The molecule has 1 N–H and O–H groups in total. The zero-order valence-corrected chi connectivity index (χ0v) is 13.8. The highest BCUT2D eigenvalue weighted by molar-refractivity contribution is 5.76. The van der Waals surface area contributed by atoms with Gasteiger partial charge in [0.25, 0.3) is 0 Å². The van der Waals surface area contributed by atoms with E-state index in [0.717, 1.165) is 5.75 Å². The van der Waals surface area contributed by atoms with Crippen LogP contribution in [0.1, 0.15) is 42.3 Å². The lowest BCUT2D eigenvalue weighted by molar-refractivity contribution is -0.121. The minimum atomic E-state index is 0.0251. The Morgan fingerprint density at radius 2 is 2.00 bits per heavy atom. The lowest BCUT2D eigenvalue weighted by atomic mass is 10.2. The Morgan fingerprint density at radius 1 is 1.26 bits per heavy atom. The predicted octanol–water partition coefficient (Wildman–Crippen LogP) is 3.53. The summed E-state index contributed by atoms with van der Waals surface area (Å²) in [4.78, 5) is 12.0. The summed E-state index contributed by atoms with van der Waals surface area (Å²) in [5.74, 6) is 0.824. The normalized spacial score (nSPS) is 13.8. The van der Waals surface area contributed by atoms with Gasteiger partial charge in [-0.15, -0.1) is 0 Å². The topological polar surface area (TPSA) is 43.3 Å². The molecule has 1 heterocycles. The summed E-state index contributed by atoms with van der Waals surface area (Å²) in [6, 6.07) is 12.4. The molecule has 1 saturated carbocycles. The molecule has 0 spiro atoms. The van der Waals surface area contributed by atoms with Crippen molar-refractivity contribution in [1.82, 2.24) is 9.88 Å². The molecule has 1 aromatic carbocycles. The number of amides is 1. The molecule has 1 aliphatic rings. The van der Waals surface area contributed by atoms with Crippen LogP contribution in [0.4, 0.5) is 0 Å². The molecule has 1 amide bonds. The van der Waals surface area contributed by atoms with E-state index in [1.807, 2.05) is 30.3 Å². The fourth-order valence-electron chi connectivity index (χ4n) is 2.98. The van der Waals surface area contributed by atoms with Crippen LogP contribution in [-0.4, -0.2) is 17.1 Å². The van der Waals surface area contributed by atoms with Crippen molar-refractivity contribution in [2.45, 2.75) is 45.7 Å². The largest absolute Gasteiger partial charge is 0.493 e. The van der Waals surface area contributed by atoms with E-state index in [9.17, 15) is 4.79 Å². The molecule has 1 fully saturated rings. The van der Waals surface area contributed by atoms with Crippen molar-refractivity contribution < 1.29 is 9.53 Å². The van der Waals surface area contributed by atoms with Crippen molar-refractivity contribution in [3.63, 3.8) is 0 Å². The van der Waals surface area contributed by atoms with E-state index in [0.29, 0.717) is 25.6 Å². The third-order valence-corrected chi connectivity index (χ3v) is 4.32. The minimum Gasteiger partial charge on any atom is -0.493 e. The lowest BCUT2D eigenvalue weighted by Crippen LogP contribution is -2.24. The number of nitrogens with one attached hydrogen (secondary N) is 1. The van der Waals surface area contributed by atoms with E-state index in [2.05, 4.69) is 29.8 Å². The molecule has 4 heteroatoms. The molecule has 0 bridgehead atoms. The summed E-state index contributed by atoms with van der Waals surface area (Å²) in [6.45, 7) is 5.28. The van der Waals surface area contributed by atoms with Crippen LogP contribution in [0.25, 0.3) is 0 Å². The molecular formula is C19H24N2O2. The summed E-state index contributed by atoms with van der Waals surface area (Å²) < 4.78 is 7.95. The Balaban J connectivity index is 1.45. The van der Waals surface area contributed by atoms with Gasteiger partial charge in [0.1, 0.15) is 5.75 Å². The van der Waals surface area contributed by atoms with Crippen LogP contribution in [0.3, 0.4) is 0 Å². The molecule has 0 atom stereocenters. The van der Waals surface area contributed by atoms with Crippen molar-refractivity contribution in [2.75, 3.05) is 6.61 Å². The number of rotatable bonds is 7. The summed E-state index contributed by atoms with van der Waals surface area (Å²) in [6.07, 6.45) is 2.92. The minimum absolute atomic E-state index is 0.0251. The summed E-state index contributed by atoms with van der Waals surface area (Å²) in [5.41, 5.74) is 3.79. The molecule has 0 unspecified atom stereocenters. The SMILES string of the molecule is Cc1cc(CNC(=O)CCOc2ccccc2)c(C)n1C1CC1. The predicted molar refractivity (Wildman–Crippen MR) is 90.6 cm³/mol. The Kier molecular flexibility index (Phi) is 4.70. The molecule has 23 heavy (non-hydrogen) atoms. The zero-order valence-electron chi connectivity index (χ0n) is 13.8. The second-order valence-corrected chi connectivity index (χ2v) is 6.19. The number of benzene rings is 1. The van der Waals surface area contributed by atoms with Crippen molar-refractivity contribution in [3.8, 4) is 5.75 Å². The van der Waals surface area contributed by atoms with E-state index in [4.69, 9.17) is 4.74 Å². The van der Waals surface area contributed by atoms with Crippen molar-refractivity contribution in [2.24, 2.45) is 0 Å². The molecular weight excluding hydrogens is 288 g/mol. The van der Waals surface area contributed by atoms with E-state index < -0.39 is 0 Å². The molecule has 1 aromatic heterocycles. The number of hydrogen-bond acceptors (Lipinski definition) is 2. The molecule has 3 rings (SSSR count). The number of para-hydroxylation sites is 1. The number of aromatic nitrogens is 1.